The number of Topliss-reactive ketones (excluding diaryl/α,β-unsaturated/α-hetero) is 1. The third-order valence-corrected chi connectivity index (χ3v) is 7.36. The fraction of sp³-hybridized carbons (Fsp3) is 0.435. The first-order valence-electron chi connectivity index (χ1n) is 10.5. The van der Waals surface area contributed by atoms with Crippen molar-refractivity contribution in [1.82, 2.24) is 9.97 Å². The van der Waals surface area contributed by atoms with E-state index >= 15 is 0 Å². The summed E-state index contributed by atoms with van der Waals surface area (Å²) in [7, 11) is 0. The fourth-order valence-corrected chi connectivity index (χ4v) is 5.44. The highest BCUT2D eigenvalue weighted by molar-refractivity contribution is 7.22. The number of aliphatic hydroxyl groups is 1. The molecule has 5 rings (SSSR count). The summed E-state index contributed by atoms with van der Waals surface area (Å²) in [6.07, 6.45) is 7.67. The first kappa shape index (κ1) is 18.7. The third-order valence-electron chi connectivity index (χ3n) is 6.33. The Hall–Kier alpha value is -2.31. The van der Waals surface area contributed by atoms with Crippen molar-refractivity contribution in [3.63, 3.8) is 0 Å². The molecule has 6 heteroatoms. The number of aromatic nitrogens is 2. The van der Waals surface area contributed by atoms with Crippen molar-refractivity contribution in [2.75, 3.05) is 11.4 Å². The van der Waals surface area contributed by atoms with Crippen LogP contribution in [0.15, 0.2) is 42.6 Å². The summed E-state index contributed by atoms with van der Waals surface area (Å²) in [6, 6.07) is 12.1. The van der Waals surface area contributed by atoms with E-state index in [4.69, 9.17) is 4.98 Å². The van der Waals surface area contributed by atoms with Crippen molar-refractivity contribution in [2.45, 2.75) is 56.6 Å². The van der Waals surface area contributed by atoms with E-state index in [9.17, 15) is 9.90 Å². The highest BCUT2D eigenvalue weighted by Gasteiger charge is 2.37. The number of carbonyl (C=O) groups excluding carboxylic acids is 1. The van der Waals surface area contributed by atoms with Gasteiger partial charge in [-0.25, -0.2) is 4.98 Å². The van der Waals surface area contributed by atoms with E-state index in [0.29, 0.717) is 17.9 Å². The van der Waals surface area contributed by atoms with Gasteiger partial charge in [0.15, 0.2) is 16.6 Å². The average Bonchev–Trinajstić information content (AvgIpc) is 3.37. The van der Waals surface area contributed by atoms with Crippen molar-refractivity contribution in [2.24, 2.45) is 0 Å². The summed E-state index contributed by atoms with van der Waals surface area (Å²) in [6.45, 7) is 0.859. The van der Waals surface area contributed by atoms with Gasteiger partial charge < -0.3 is 10.0 Å². The van der Waals surface area contributed by atoms with Crippen LogP contribution in [-0.4, -0.2) is 33.4 Å². The molecule has 1 aromatic carbocycles. The Morgan fingerprint density at radius 2 is 2.07 bits per heavy atom. The highest BCUT2D eigenvalue weighted by atomic mass is 32.1. The van der Waals surface area contributed by atoms with Crippen LogP contribution in [0.4, 0.5) is 5.13 Å². The second-order valence-electron chi connectivity index (χ2n) is 8.23. The molecule has 1 N–H and O–H groups in total. The maximum Gasteiger partial charge on any atom is 0.188 e. The van der Waals surface area contributed by atoms with Crippen LogP contribution in [-0.2, 0) is 16.8 Å². The van der Waals surface area contributed by atoms with E-state index in [1.165, 1.54) is 5.56 Å². The molecule has 3 aromatic rings. The molecule has 0 bridgehead atoms. The van der Waals surface area contributed by atoms with Gasteiger partial charge in [0.25, 0.3) is 0 Å². The van der Waals surface area contributed by atoms with Crippen molar-refractivity contribution in [3.05, 3.63) is 53.7 Å². The maximum absolute atomic E-state index is 12.9. The number of benzene rings is 1. The molecular weight excluding hydrogens is 382 g/mol. The first-order chi connectivity index (χ1) is 14.1. The fourth-order valence-electron chi connectivity index (χ4n) is 4.40. The van der Waals surface area contributed by atoms with Crippen molar-refractivity contribution in [1.29, 1.82) is 0 Å². The van der Waals surface area contributed by atoms with Crippen LogP contribution in [0.1, 0.15) is 49.7 Å². The van der Waals surface area contributed by atoms with Crippen LogP contribution < -0.4 is 4.90 Å². The van der Waals surface area contributed by atoms with Gasteiger partial charge in [-0.15, -0.1) is 0 Å². The molecule has 2 aliphatic rings. The molecule has 1 atom stereocenters. The Balaban J connectivity index is 1.33. The van der Waals surface area contributed by atoms with Crippen LogP contribution in [0, 0.1) is 0 Å². The monoisotopic (exact) mass is 407 g/mol. The predicted octanol–water partition coefficient (Wildman–Crippen LogP) is 4.23. The minimum Gasteiger partial charge on any atom is -0.385 e. The van der Waals surface area contributed by atoms with Gasteiger partial charge in [-0.05, 0) is 50.2 Å². The number of hydrogen-bond acceptors (Lipinski definition) is 6. The van der Waals surface area contributed by atoms with Gasteiger partial charge in [0, 0.05) is 24.7 Å². The molecular formula is C23H25N3O2S. The zero-order valence-corrected chi connectivity index (χ0v) is 17.2. The van der Waals surface area contributed by atoms with E-state index in [1.54, 1.807) is 17.5 Å². The maximum atomic E-state index is 12.9. The normalized spacial score (nSPS) is 20.7. The number of nitrogens with zero attached hydrogens (tertiary/aromatic N) is 3. The molecule has 0 spiro atoms. The molecule has 0 amide bonds. The number of pyridine rings is 1. The summed E-state index contributed by atoms with van der Waals surface area (Å²) >= 11 is 1.58. The number of thiazole rings is 1. The van der Waals surface area contributed by atoms with Crippen molar-refractivity contribution in [3.8, 4) is 0 Å². The third kappa shape index (κ3) is 3.55. The van der Waals surface area contributed by atoms with Gasteiger partial charge in [-0.2, -0.15) is 4.98 Å². The summed E-state index contributed by atoms with van der Waals surface area (Å²) < 4.78 is 0.986. The molecule has 29 heavy (non-hydrogen) atoms. The van der Waals surface area contributed by atoms with Crippen molar-refractivity contribution >= 4 is 32.6 Å². The SMILES string of the molecule is O=C(CCc1ccccc1)[C@H]1CCCN1c1nc2ncc(C3(O)CCC3)cc2s1. The topological polar surface area (TPSA) is 66.3 Å². The van der Waals surface area contributed by atoms with Gasteiger partial charge in [0.1, 0.15) is 0 Å². The molecule has 1 aliphatic carbocycles. The molecule has 1 saturated carbocycles. The molecule has 1 aliphatic heterocycles. The summed E-state index contributed by atoms with van der Waals surface area (Å²) in [4.78, 5) is 24.3. The van der Waals surface area contributed by atoms with Crippen molar-refractivity contribution < 1.29 is 9.90 Å². The number of anilines is 1. The number of carbonyl (C=O) groups is 1. The van der Waals surface area contributed by atoms with Gasteiger partial charge in [-0.1, -0.05) is 41.7 Å². The number of hydrogen-bond donors (Lipinski definition) is 1. The predicted molar refractivity (Wildman–Crippen MR) is 115 cm³/mol. The molecule has 2 aromatic heterocycles. The van der Waals surface area contributed by atoms with E-state index in [-0.39, 0.29) is 6.04 Å². The Labute approximate surface area is 174 Å². The largest absolute Gasteiger partial charge is 0.385 e. The van der Waals surface area contributed by atoms with Gasteiger partial charge in [-0.3, -0.25) is 4.79 Å². The summed E-state index contributed by atoms with van der Waals surface area (Å²) in [5, 5.41) is 11.5. The van der Waals surface area contributed by atoms with Crippen LogP contribution in [0.5, 0.6) is 0 Å². The Kier molecular flexibility index (Phi) is 4.84. The number of rotatable bonds is 6. The van der Waals surface area contributed by atoms with E-state index in [1.807, 2.05) is 24.3 Å². The Bertz CT molecular complexity index is 1030. The van der Waals surface area contributed by atoms with Gasteiger partial charge in [0.05, 0.1) is 16.3 Å². The lowest BCUT2D eigenvalue weighted by molar-refractivity contribution is -0.120. The Morgan fingerprint density at radius 3 is 2.83 bits per heavy atom. The molecule has 0 unspecified atom stereocenters. The van der Waals surface area contributed by atoms with E-state index < -0.39 is 5.60 Å². The lowest BCUT2D eigenvalue weighted by Gasteiger charge is -2.36. The molecule has 150 valence electrons. The second-order valence-corrected chi connectivity index (χ2v) is 9.24. The lowest BCUT2D eigenvalue weighted by Crippen LogP contribution is -2.36. The average molecular weight is 408 g/mol. The number of fused-ring (bicyclic) bond motifs is 1. The standard InChI is InChI=1S/C23H25N3O2S/c27-19(10-9-16-6-2-1-3-7-16)18-8-4-13-26(18)22-25-21-20(29-22)14-17(15-24-21)23(28)11-5-12-23/h1-3,6-7,14-15,18,28H,4-5,8-13H2/t18-/m1/s1. The molecule has 2 fully saturated rings. The van der Waals surface area contributed by atoms with Crippen LogP contribution >= 0.6 is 11.3 Å². The second kappa shape index (κ2) is 7.50. The van der Waals surface area contributed by atoms with Crippen LogP contribution in [0.25, 0.3) is 10.3 Å². The van der Waals surface area contributed by atoms with Crippen LogP contribution in [0.2, 0.25) is 0 Å². The summed E-state index contributed by atoms with van der Waals surface area (Å²) in [5.41, 5.74) is 2.09. The smallest absolute Gasteiger partial charge is 0.188 e. The first-order valence-corrected chi connectivity index (χ1v) is 11.3. The molecule has 3 heterocycles. The minimum absolute atomic E-state index is 0.0884. The number of ketones is 1. The van der Waals surface area contributed by atoms with Gasteiger partial charge >= 0.3 is 0 Å². The minimum atomic E-state index is -0.713. The highest BCUT2D eigenvalue weighted by Crippen LogP contribution is 2.42. The van der Waals surface area contributed by atoms with E-state index in [2.05, 4.69) is 22.0 Å². The molecule has 1 saturated heterocycles. The molecule has 5 nitrogen and oxygen atoms in total. The lowest BCUT2D eigenvalue weighted by atomic mass is 9.76. The molecule has 0 radical (unpaired) electrons. The zero-order valence-electron chi connectivity index (χ0n) is 16.4. The zero-order chi connectivity index (χ0) is 19.8. The number of aryl methyl sites for hydroxylation is 1. The van der Waals surface area contributed by atoms with Crippen LogP contribution in [0.3, 0.4) is 0 Å². The Morgan fingerprint density at radius 1 is 1.24 bits per heavy atom. The quantitative estimate of drug-likeness (QED) is 0.662. The summed E-state index contributed by atoms with van der Waals surface area (Å²) in [5.74, 6) is 0.294. The van der Waals surface area contributed by atoms with E-state index in [0.717, 1.165) is 60.5 Å². The van der Waals surface area contributed by atoms with Gasteiger partial charge in [0.2, 0.25) is 0 Å².